The normalized spacial score (nSPS) is 20.9. The maximum absolute atomic E-state index is 13.2. The van der Waals surface area contributed by atoms with Crippen LogP contribution in [0.4, 0.5) is 5.69 Å². The molecule has 7 heteroatoms. The van der Waals surface area contributed by atoms with Crippen molar-refractivity contribution < 1.29 is 14.3 Å². The Hall–Kier alpha value is -2.43. The van der Waals surface area contributed by atoms with Gasteiger partial charge in [-0.25, -0.2) is 0 Å². The summed E-state index contributed by atoms with van der Waals surface area (Å²) in [5, 5.41) is 9.00. The summed E-state index contributed by atoms with van der Waals surface area (Å²) in [4.78, 5) is 31.4. The molecule has 0 saturated carbocycles. The van der Waals surface area contributed by atoms with Gasteiger partial charge in [-0.3, -0.25) is 14.5 Å². The Morgan fingerprint density at radius 3 is 2.52 bits per heavy atom. The maximum Gasteiger partial charge on any atom is 0.251 e. The van der Waals surface area contributed by atoms with Crippen LogP contribution in [-0.2, 0) is 14.3 Å². The van der Waals surface area contributed by atoms with Crippen LogP contribution in [0.25, 0.3) is 0 Å². The van der Waals surface area contributed by atoms with Crippen LogP contribution >= 0.6 is 0 Å². The smallest absolute Gasteiger partial charge is 0.251 e. The Bertz CT molecular complexity index is 744. The molecule has 2 unspecified atom stereocenters. The molecule has 1 aromatic rings. The summed E-state index contributed by atoms with van der Waals surface area (Å²) in [5.41, 5.74) is 1.94. The van der Waals surface area contributed by atoms with Crippen LogP contribution in [0.15, 0.2) is 24.3 Å². The second-order valence-corrected chi connectivity index (χ2v) is 7.77. The van der Waals surface area contributed by atoms with Gasteiger partial charge in [-0.2, -0.15) is 5.26 Å². The molecule has 0 radical (unpaired) electrons. The topological polar surface area (TPSA) is 76.9 Å². The molecular weight excluding hydrogens is 368 g/mol. The summed E-state index contributed by atoms with van der Waals surface area (Å²) < 4.78 is 5.51. The number of piperazine rings is 1. The van der Waals surface area contributed by atoms with Gasteiger partial charge in [0.05, 0.1) is 18.5 Å². The molecule has 29 heavy (non-hydrogen) atoms. The highest BCUT2D eigenvalue weighted by Crippen LogP contribution is 2.20. The van der Waals surface area contributed by atoms with E-state index < -0.39 is 0 Å². The van der Waals surface area contributed by atoms with Crippen LogP contribution < -0.4 is 4.90 Å². The Kier molecular flexibility index (Phi) is 7.24. The maximum atomic E-state index is 13.2. The average molecular weight is 399 g/mol. The summed E-state index contributed by atoms with van der Waals surface area (Å²) in [6.45, 7) is 7.49. The van der Waals surface area contributed by atoms with Crippen molar-refractivity contribution in [2.45, 2.75) is 45.3 Å². The van der Waals surface area contributed by atoms with Crippen molar-refractivity contribution in [3.05, 3.63) is 29.8 Å². The van der Waals surface area contributed by atoms with Crippen molar-refractivity contribution in [1.29, 1.82) is 5.26 Å². The fourth-order valence-electron chi connectivity index (χ4n) is 3.94. The van der Waals surface area contributed by atoms with E-state index in [0.29, 0.717) is 39.3 Å². The van der Waals surface area contributed by atoms with Crippen LogP contribution in [0.2, 0.25) is 0 Å². The highest BCUT2D eigenvalue weighted by atomic mass is 16.5. The van der Waals surface area contributed by atoms with Crippen molar-refractivity contribution in [1.82, 2.24) is 9.80 Å². The molecule has 0 aromatic heterocycles. The third-order valence-corrected chi connectivity index (χ3v) is 5.80. The number of amides is 2. The van der Waals surface area contributed by atoms with Crippen LogP contribution in [0.3, 0.4) is 0 Å². The number of nitriles is 1. The first kappa shape index (κ1) is 21.3. The molecule has 0 spiro atoms. The highest BCUT2D eigenvalue weighted by Gasteiger charge is 2.33. The molecule has 156 valence electrons. The van der Waals surface area contributed by atoms with Gasteiger partial charge >= 0.3 is 0 Å². The second-order valence-electron chi connectivity index (χ2n) is 7.77. The largest absolute Gasteiger partial charge is 0.368 e. The molecule has 2 saturated heterocycles. The number of hydrogen-bond donors (Lipinski definition) is 0. The van der Waals surface area contributed by atoms with Crippen LogP contribution in [0.1, 0.15) is 31.7 Å². The Morgan fingerprint density at radius 1 is 1.24 bits per heavy atom. The minimum absolute atomic E-state index is 0.0111. The average Bonchev–Trinajstić information content (AvgIpc) is 3.29. The number of aryl methyl sites for hydroxylation is 1. The van der Waals surface area contributed by atoms with Crippen LogP contribution in [-0.4, -0.2) is 73.1 Å². The number of nitrogens with zero attached hydrogens (tertiary/aromatic N) is 4. The van der Waals surface area contributed by atoms with E-state index in [1.54, 1.807) is 4.90 Å². The van der Waals surface area contributed by atoms with Gasteiger partial charge < -0.3 is 14.5 Å². The lowest BCUT2D eigenvalue weighted by atomic mass is 10.1. The van der Waals surface area contributed by atoms with Gasteiger partial charge in [0.25, 0.3) is 5.91 Å². The van der Waals surface area contributed by atoms with Gasteiger partial charge in [0.15, 0.2) is 0 Å². The Balaban J connectivity index is 1.61. The van der Waals surface area contributed by atoms with Crippen molar-refractivity contribution in [2.75, 3.05) is 44.2 Å². The lowest BCUT2D eigenvalue weighted by molar-refractivity contribution is -0.143. The van der Waals surface area contributed by atoms with E-state index in [4.69, 9.17) is 10.00 Å². The van der Waals surface area contributed by atoms with Crippen molar-refractivity contribution >= 4 is 17.5 Å². The number of rotatable bonds is 6. The summed E-state index contributed by atoms with van der Waals surface area (Å²) in [6, 6.07) is 9.62. The summed E-state index contributed by atoms with van der Waals surface area (Å²) in [5.74, 6) is 0.0689. The first-order valence-corrected chi connectivity index (χ1v) is 10.4. The first-order chi connectivity index (χ1) is 14.0. The molecule has 2 atom stereocenters. The lowest BCUT2D eigenvalue weighted by Crippen LogP contribution is -2.56. The van der Waals surface area contributed by atoms with Gasteiger partial charge in [-0.05, 0) is 38.8 Å². The molecule has 2 aliphatic rings. The number of carbonyl (C=O) groups excluding carboxylic acids is 2. The Morgan fingerprint density at radius 2 is 1.93 bits per heavy atom. The van der Waals surface area contributed by atoms with E-state index in [1.165, 1.54) is 0 Å². The summed E-state index contributed by atoms with van der Waals surface area (Å²) in [6.07, 6.45) is 1.75. The fraction of sp³-hybridized carbons (Fsp3) is 0.591. The van der Waals surface area contributed by atoms with Crippen LogP contribution in [0.5, 0.6) is 0 Å². The van der Waals surface area contributed by atoms with E-state index in [-0.39, 0.29) is 30.4 Å². The number of anilines is 1. The number of ether oxygens (including phenoxy) is 1. The van der Waals surface area contributed by atoms with Crippen LogP contribution in [0, 0.1) is 18.3 Å². The molecular formula is C22H30N4O3. The first-order valence-electron chi connectivity index (χ1n) is 10.4. The number of hydrogen-bond acceptors (Lipinski definition) is 5. The number of carbonyl (C=O) groups is 2. The Labute approximate surface area is 172 Å². The zero-order chi connectivity index (χ0) is 20.8. The van der Waals surface area contributed by atoms with Crippen molar-refractivity contribution in [3.8, 4) is 6.07 Å². The predicted octanol–water partition coefficient (Wildman–Crippen LogP) is 1.95. The summed E-state index contributed by atoms with van der Waals surface area (Å²) >= 11 is 0. The van der Waals surface area contributed by atoms with Gasteiger partial charge in [-0.15, -0.1) is 0 Å². The predicted molar refractivity (Wildman–Crippen MR) is 110 cm³/mol. The molecule has 2 heterocycles. The van der Waals surface area contributed by atoms with E-state index in [9.17, 15) is 9.59 Å². The van der Waals surface area contributed by atoms with E-state index in [0.717, 1.165) is 24.1 Å². The molecule has 1 aromatic carbocycles. The molecule has 2 fully saturated rings. The molecule has 3 rings (SSSR count). The molecule has 0 N–H and O–H groups in total. The van der Waals surface area contributed by atoms with Gasteiger partial charge in [0.1, 0.15) is 6.10 Å². The lowest BCUT2D eigenvalue weighted by Gasteiger charge is -2.39. The second kappa shape index (κ2) is 9.86. The fourth-order valence-corrected chi connectivity index (χ4v) is 3.94. The van der Waals surface area contributed by atoms with E-state index in [1.807, 2.05) is 43.0 Å². The monoisotopic (exact) mass is 398 g/mol. The highest BCUT2D eigenvalue weighted by molar-refractivity contribution is 5.97. The zero-order valence-electron chi connectivity index (χ0n) is 17.3. The van der Waals surface area contributed by atoms with Gasteiger partial charge in [-0.1, -0.05) is 17.7 Å². The van der Waals surface area contributed by atoms with Gasteiger partial charge in [0.2, 0.25) is 5.91 Å². The minimum Gasteiger partial charge on any atom is -0.368 e. The SMILES string of the molecule is Cc1ccc(N(CCC#N)C(=O)C(C)N2CCN(C(=O)C3CCCO3)CC2)cc1. The minimum atomic E-state index is -0.310. The molecule has 7 nitrogen and oxygen atoms in total. The van der Waals surface area contributed by atoms with Gasteiger partial charge in [0, 0.05) is 45.0 Å². The standard InChI is InChI=1S/C22H30N4O3/c1-17-6-8-19(9-7-17)26(11-4-10-23)21(27)18(2)24-12-14-25(15-13-24)22(28)20-5-3-16-29-20/h6-9,18,20H,3-5,11-16H2,1-2H3. The quantitative estimate of drug-likeness (QED) is 0.732. The van der Waals surface area contributed by atoms with E-state index >= 15 is 0 Å². The molecule has 2 amide bonds. The number of benzene rings is 1. The summed E-state index contributed by atoms with van der Waals surface area (Å²) in [7, 11) is 0. The molecule has 0 aliphatic carbocycles. The third-order valence-electron chi connectivity index (χ3n) is 5.80. The van der Waals surface area contributed by atoms with Crippen molar-refractivity contribution in [3.63, 3.8) is 0 Å². The molecule has 0 bridgehead atoms. The molecule has 2 aliphatic heterocycles. The third kappa shape index (κ3) is 5.14. The van der Waals surface area contributed by atoms with Crippen molar-refractivity contribution in [2.24, 2.45) is 0 Å². The van der Waals surface area contributed by atoms with E-state index in [2.05, 4.69) is 11.0 Å². The zero-order valence-corrected chi connectivity index (χ0v) is 17.3.